The van der Waals surface area contributed by atoms with Crippen molar-refractivity contribution in [3.63, 3.8) is 0 Å². The highest BCUT2D eigenvalue weighted by atomic mass is 79.9. The third kappa shape index (κ3) is 5.47. The minimum Gasteiger partial charge on any atom is -0.507 e. The van der Waals surface area contributed by atoms with Gasteiger partial charge in [-0.15, -0.1) is 0 Å². The summed E-state index contributed by atoms with van der Waals surface area (Å²) < 4.78 is 25.4. The first kappa shape index (κ1) is 23.1. The van der Waals surface area contributed by atoms with Crippen LogP contribution in [0.2, 0.25) is 0 Å². The van der Waals surface area contributed by atoms with E-state index in [1.165, 1.54) is 0 Å². The third-order valence-electron chi connectivity index (χ3n) is 5.17. The molecule has 156 valence electrons. The number of aromatic hydroxyl groups is 1. The molecule has 0 aliphatic carbocycles. The Kier molecular flexibility index (Phi) is 8.30. The highest BCUT2D eigenvalue weighted by Gasteiger charge is 2.40. The van der Waals surface area contributed by atoms with E-state index in [-0.39, 0.29) is 11.5 Å². The zero-order valence-corrected chi connectivity index (χ0v) is 18.8. The van der Waals surface area contributed by atoms with Crippen LogP contribution in [-0.2, 0) is 9.84 Å². The van der Waals surface area contributed by atoms with Crippen LogP contribution in [0.4, 0.5) is 0 Å². The number of rotatable bonds is 9. The SMILES string of the molecule is CCC/C(=C\c1cc(Br)ccc1O)CC[C@@H](O)C1=C(CC)CS(=O)(=O)[C@H]1CO. The second-order valence-corrected chi connectivity index (χ2v) is 10.3. The molecule has 0 saturated heterocycles. The van der Waals surface area contributed by atoms with Crippen molar-refractivity contribution in [3.8, 4) is 5.75 Å². The van der Waals surface area contributed by atoms with Crippen LogP contribution in [0.25, 0.3) is 6.08 Å². The molecule has 3 N–H and O–H groups in total. The Morgan fingerprint density at radius 1 is 1.32 bits per heavy atom. The molecule has 0 spiro atoms. The van der Waals surface area contributed by atoms with E-state index < -0.39 is 27.8 Å². The molecule has 1 aromatic rings. The molecular weight excluding hydrogens is 444 g/mol. The van der Waals surface area contributed by atoms with E-state index >= 15 is 0 Å². The van der Waals surface area contributed by atoms with E-state index in [0.29, 0.717) is 30.4 Å². The molecule has 1 aromatic carbocycles. The molecule has 0 radical (unpaired) electrons. The Morgan fingerprint density at radius 3 is 2.64 bits per heavy atom. The number of benzene rings is 1. The lowest BCUT2D eigenvalue weighted by molar-refractivity contribution is 0.188. The van der Waals surface area contributed by atoms with Crippen molar-refractivity contribution in [1.29, 1.82) is 0 Å². The number of phenolic OH excluding ortho intramolecular Hbond substituents is 1. The van der Waals surface area contributed by atoms with Crippen LogP contribution >= 0.6 is 15.9 Å². The van der Waals surface area contributed by atoms with E-state index in [9.17, 15) is 23.7 Å². The Hall–Kier alpha value is -1.15. The maximum atomic E-state index is 12.3. The highest BCUT2D eigenvalue weighted by Crippen LogP contribution is 2.34. The lowest BCUT2D eigenvalue weighted by Crippen LogP contribution is -2.29. The predicted molar refractivity (Wildman–Crippen MR) is 116 cm³/mol. The average Bonchev–Trinajstić information content (AvgIpc) is 2.92. The molecule has 5 nitrogen and oxygen atoms in total. The number of allylic oxidation sites excluding steroid dienone is 1. The van der Waals surface area contributed by atoms with E-state index in [0.717, 1.165) is 28.5 Å². The first-order chi connectivity index (χ1) is 13.2. The molecule has 2 atom stereocenters. The largest absolute Gasteiger partial charge is 0.507 e. The maximum Gasteiger partial charge on any atom is 0.163 e. The zero-order chi connectivity index (χ0) is 20.9. The summed E-state index contributed by atoms with van der Waals surface area (Å²) in [5.41, 5.74) is 2.98. The van der Waals surface area contributed by atoms with Crippen LogP contribution < -0.4 is 0 Å². The lowest BCUT2D eigenvalue weighted by Gasteiger charge is -2.19. The monoisotopic (exact) mass is 472 g/mol. The smallest absolute Gasteiger partial charge is 0.163 e. The Balaban J connectivity index is 2.21. The summed E-state index contributed by atoms with van der Waals surface area (Å²) in [5.74, 6) is 0.112. The van der Waals surface area contributed by atoms with Crippen molar-refractivity contribution in [2.45, 2.75) is 57.3 Å². The number of aliphatic hydroxyl groups excluding tert-OH is 2. The number of hydrogen-bond donors (Lipinski definition) is 3. The molecule has 0 saturated carbocycles. The van der Waals surface area contributed by atoms with Gasteiger partial charge in [-0.3, -0.25) is 0 Å². The summed E-state index contributed by atoms with van der Waals surface area (Å²) in [6.07, 6.45) is 4.28. The molecule has 0 amide bonds. The van der Waals surface area contributed by atoms with Gasteiger partial charge in [0.2, 0.25) is 0 Å². The Labute approximate surface area is 175 Å². The fourth-order valence-corrected chi connectivity index (χ4v) is 6.12. The Morgan fingerprint density at radius 2 is 2.04 bits per heavy atom. The van der Waals surface area contributed by atoms with E-state index in [1.54, 1.807) is 12.1 Å². The van der Waals surface area contributed by atoms with Crippen LogP contribution in [-0.4, -0.2) is 47.5 Å². The van der Waals surface area contributed by atoms with Crippen LogP contribution in [0.15, 0.2) is 39.4 Å². The summed E-state index contributed by atoms with van der Waals surface area (Å²) in [6.45, 7) is 3.44. The number of aliphatic hydroxyl groups is 2. The minimum absolute atomic E-state index is 0.0787. The molecule has 1 aliphatic rings. The van der Waals surface area contributed by atoms with Crippen molar-refractivity contribution < 1.29 is 23.7 Å². The van der Waals surface area contributed by atoms with Crippen molar-refractivity contribution >= 4 is 31.8 Å². The predicted octanol–water partition coefficient (Wildman–Crippen LogP) is 3.98. The normalized spacial score (nSPS) is 20.6. The van der Waals surface area contributed by atoms with Gasteiger partial charge >= 0.3 is 0 Å². The lowest BCUT2D eigenvalue weighted by atomic mass is 9.93. The van der Waals surface area contributed by atoms with Gasteiger partial charge < -0.3 is 15.3 Å². The summed E-state index contributed by atoms with van der Waals surface area (Å²) in [5, 5.41) is 29.4. The minimum atomic E-state index is -3.44. The van der Waals surface area contributed by atoms with Gasteiger partial charge in [-0.1, -0.05) is 53.4 Å². The quantitative estimate of drug-likeness (QED) is 0.472. The molecule has 2 rings (SSSR count). The fourth-order valence-electron chi connectivity index (χ4n) is 3.75. The fraction of sp³-hybridized carbons (Fsp3) is 0.524. The highest BCUT2D eigenvalue weighted by molar-refractivity contribution is 9.10. The van der Waals surface area contributed by atoms with Crippen LogP contribution in [0.5, 0.6) is 5.75 Å². The van der Waals surface area contributed by atoms with E-state index in [4.69, 9.17) is 0 Å². The molecule has 7 heteroatoms. The van der Waals surface area contributed by atoms with E-state index in [2.05, 4.69) is 22.9 Å². The van der Waals surface area contributed by atoms with Gasteiger partial charge in [-0.05, 0) is 49.5 Å². The number of hydrogen-bond acceptors (Lipinski definition) is 5. The van der Waals surface area contributed by atoms with Crippen molar-refractivity contribution in [2.24, 2.45) is 0 Å². The van der Waals surface area contributed by atoms with Gasteiger partial charge in [0.15, 0.2) is 9.84 Å². The van der Waals surface area contributed by atoms with Crippen molar-refractivity contribution in [2.75, 3.05) is 12.4 Å². The second kappa shape index (κ2) is 10.1. The topological polar surface area (TPSA) is 94.8 Å². The van der Waals surface area contributed by atoms with Crippen molar-refractivity contribution in [3.05, 3.63) is 45.0 Å². The first-order valence-electron chi connectivity index (χ1n) is 9.63. The standard InChI is InChI=1S/C21H29BrO5S/c1-3-5-14(10-16-11-17(22)7-9-18(16)24)6-8-19(25)21-15(4-2)13-28(26,27)20(21)12-23/h7,9-11,19-20,23-25H,3-6,8,12-13H2,1-2H3/b14-10+/t19-,20+/m1/s1. The average molecular weight is 473 g/mol. The zero-order valence-electron chi connectivity index (χ0n) is 16.4. The Bertz CT molecular complexity index is 858. The molecule has 0 bridgehead atoms. The molecule has 1 heterocycles. The molecule has 28 heavy (non-hydrogen) atoms. The molecule has 0 fully saturated rings. The van der Waals surface area contributed by atoms with Gasteiger partial charge in [-0.25, -0.2) is 8.42 Å². The molecule has 1 aliphatic heterocycles. The maximum absolute atomic E-state index is 12.3. The van der Waals surface area contributed by atoms with Gasteiger partial charge in [0.25, 0.3) is 0 Å². The van der Waals surface area contributed by atoms with Crippen LogP contribution in [0.1, 0.15) is 51.5 Å². The van der Waals surface area contributed by atoms with Crippen molar-refractivity contribution in [1.82, 2.24) is 0 Å². The van der Waals surface area contributed by atoms with Gasteiger partial charge in [0.05, 0.1) is 18.5 Å². The van der Waals surface area contributed by atoms with Gasteiger partial charge in [0.1, 0.15) is 11.0 Å². The van der Waals surface area contributed by atoms with E-state index in [1.807, 2.05) is 19.1 Å². The van der Waals surface area contributed by atoms with Crippen LogP contribution in [0, 0.1) is 0 Å². The third-order valence-corrected chi connectivity index (χ3v) is 7.69. The molecule has 0 unspecified atom stereocenters. The number of halogens is 1. The molecular formula is C21H29BrO5S. The van der Waals surface area contributed by atoms with Gasteiger partial charge in [0, 0.05) is 10.0 Å². The summed E-state index contributed by atoms with van der Waals surface area (Å²) in [4.78, 5) is 0. The second-order valence-electron chi connectivity index (χ2n) is 7.20. The molecule has 0 aromatic heterocycles. The van der Waals surface area contributed by atoms with Gasteiger partial charge in [-0.2, -0.15) is 0 Å². The number of phenols is 1. The summed E-state index contributed by atoms with van der Waals surface area (Å²) in [7, 11) is -3.44. The number of sulfone groups is 1. The summed E-state index contributed by atoms with van der Waals surface area (Å²) in [6, 6.07) is 5.23. The summed E-state index contributed by atoms with van der Waals surface area (Å²) >= 11 is 3.40. The first-order valence-corrected chi connectivity index (χ1v) is 12.1. The van der Waals surface area contributed by atoms with Crippen LogP contribution in [0.3, 0.4) is 0 Å².